The summed E-state index contributed by atoms with van der Waals surface area (Å²) in [6.45, 7) is 4.76. The second-order valence-electron chi connectivity index (χ2n) is 15.3. The van der Waals surface area contributed by atoms with Gasteiger partial charge in [-0.3, -0.25) is 0 Å². The van der Waals surface area contributed by atoms with Crippen molar-refractivity contribution in [1.82, 2.24) is 0 Å². The third-order valence-electron chi connectivity index (χ3n) is 12.0. The predicted molar refractivity (Wildman–Crippen MR) is 227 cm³/mol. The fraction of sp³-hybridized carbons (Fsp3) is 0.0566. The van der Waals surface area contributed by atoms with E-state index in [-0.39, 0.29) is 5.41 Å². The predicted octanol–water partition coefficient (Wildman–Crippen LogP) is 14.7. The summed E-state index contributed by atoms with van der Waals surface area (Å²) in [7, 11) is 0. The highest BCUT2D eigenvalue weighted by Gasteiger charge is 2.36. The van der Waals surface area contributed by atoms with Crippen molar-refractivity contribution in [1.29, 1.82) is 0 Å². The molecule has 248 valence electrons. The van der Waals surface area contributed by atoms with Crippen LogP contribution in [0.25, 0.3) is 98.7 Å². The fourth-order valence-electron chi connectivity index (χ4n) is 9.17. The van der Waals surface area contributed by atoms with Crippen molar-refractivity contribution in [2.45, 2.75) is 19.3 Å². The van der Waals surface area contributed by atoms with E-state index in [4.69, 9.17) is 0 Å². The Morgan fingerprint density at radius 3 is 1.45 bits per heavy atom. The lowest BCUT2D eigenvalue weighted by molar-refractivity contribution is 0.661. The maximum absolute atomic E-state index is 2.43. The Morgan fingerprint density at radius 1 is 0.283 bits per heavy atom. The van der Waals surface area contributed by atoms with Gasteiger partial charge in [0.15, 0.2) is 0 Å². The average Bonchev–Trinajstić information content (AvgIpc) is 3.44. The number of hydrogen-bond donors (Lipinski definition) is 0. The first-order chi connectivity index (χ1) is 26.0. The molecule has 0 heterocycles. The molecule has 53 heavy (non-hydrogen) atoms. The van der Waals surface area contributed by atoms with E-state index in [1.807, 2.05) is 0 Å². The smallest absolute Gasteiger partial charge is 0.0159 e. The molecule has 0 N–H and O–H groups in total. The van der Waals surface area contributed by atoms with Crippen LogP contribution in [-0.2, 0) is 5.41 Å². The first-order valence-corrected chi connectivity index (χ1v) is 18.7. The van der Waals surface area contributed by atoms with Crippen LogP contribution in [0, 0.1) is 0 Å². The molecule has 0 fully saturated rings. The lowest BCUT2D eigenvalue weighted by Gasteiger charge is -2.23. The van der Waals surface area contributed by atoms with Crippen LogP contribution in [-0.4, -0.2) is 0 Å². The van der Waals surface area contributed by atoms with Gasteiger partial charge in [0.25, 0.3) is 0 Å². The molecule has 0 saturated heterocycles. The van der Waals surface area contributed by atoms with Gasteiger partial charge < -0.3 is 0 Å². The highest BCUT2D eigenvalue weighted by molar-refractivity contribution is 6.25. The summed E-state index contributed by atoms with van der Waals surface area (Å²) in [6, 6.07) is 67.9. The minimum atomic E-state index is -0.105. The molecule has 0 aliphatic heterocycles. The van der Waals surface area contributed by atoms with Crippen molar-refractivity contribution >= 4 is 43.1 Å². The van der Waals surface area contributed by atoms with Gasteiger partial charge in [-0.2, -0.15) is 0 Å². The number of benzene rings is 10. The fourth-order valence-corrected chi connectivity index (χ4v) is 9.17. The van der Waals surface area contributed by atoms with Gasteiger partial charge in [-0.15, -0.1) is 0 Å². The summed E-state index contributed by atoms with van der Waals surface area (Å²) >= 11 is 0. The van der Waals surface area contributed by atoms with Crippen LogP contribution < -0.4 is 0 Å². The Morgan fingerprint density at radius 2 is 0.736 bits per heavy atom. The maximum Gasteiger partial charge on any atom is 0.0159 e. The molecule has 0 bridgehead atoms. The summed E-state index contributed by atoms with van der Waals surface area (Å²) in [5.41, 5.74) is 15.4. The number of fused-ring (bicyclic) bond motifs is 4. The molecule has 0 nitrogen and oxygen atoms in total. The minimum absolute atomic E-state index is 0.105. The van der Waals surface area contributed by atoms with E-state index in [1.54, 1.807) is 0 Å². The highest BCUT2D eigenvalue weighted by Crippen LogP contribution is 2.51. The van der Waals surface area contributed by atoms with E-state index in [0.717, 1.165) is 0 Å². The number of rotatable bonds is 4. The molecule has 10 aromatic rings. The molecule has 0 atom stereocenters. The van der Waals surface area contributed by atoms with Crippen LogP contribution in [0.3, 0.4) is 0 Å². The van der Waals surface area contributed by atoms with E-state index < -0.39 is 0 Å². The zero-order valence-corrected chi connectivity index (χ0v) is 29.8. The zero-order chi connectivity index (χ0) is 35.3. The van der Waals surface area contributed by atoms with Crippen LogP contribution in [0.5, 0.6) is 0 Å². The number of hydrogen-bond acceptors (Lipinski definition) is 0. The van der Waals surface area contributed by atoms with Gasteiger partial charge >= 0.3 is 0 Å². The topological polar surface area (TPSA) is 0 Å². The van der Waals surface area contributed by atoms with Gasteiger partial charge in [-0.25, -0.2) is 0 Å². The SMILES string of the molecule is CC1(C)c2cc(-c3cccc(-c4ccc(-c5ccc6ccc7cccc8ccc5c6c78)cc4)c3)ccc2-c2ccc(-c3ccc4ccccc4c3)cc21. The van der Waals surface area contributed by atoms with Crippen molar-refractivity contribution in [3.63, 3.8) is 0 Å². The van der Waals surface area contributed by atoms with E-state index in [2.05, 4.69) is 196 Å². The molecule has 0 radical (unpaired) electrons. The van der Waals surface area contributed by atoms with Crippen LogP contribution in [0.4, 0.5) is 0 Å². The molecule has 1 aliphatic rings. The quantitative estimate of drug-likeness (QED) is 0.163. The molecule has 0 heteroatoms. The summed E-state index contributed by atoms with van der Waals surface area (Å²) in [5, 5.41) is 10.5. The van der Waals surface area contributed by atoms with E-state index in [9.17, 15) is 0 Å². The molecular formula is C53H36. The Kier molecular flexibility index (Phi) is 6.40. The summed E-state index contributed by atoms with van der Waals surface area (Å²) in [5.74, 6) is 0. The maximum atomic E-state index is 2.43. The summed E-state index contributed by atoms with van der Waals surface area (Å²) in [6.07, 6.45) is 0. The molecule has 0 unspecified atom stereocenters. The molecule has 1 aliphatic carbocycles. The normalized spacial score (nSPS) is 13.2. The summed E-state index contributed by atoms with van der Waals surface area (Å²) in [4.78, 5) is 0. The van der Waals surface area contributed by atoms with Crippen LogP contribution in [0.2, 0.25) is 0 Å². The lowest BCUT2D eigenvalue weighted by Crippen LogP contribution is -2.15. The van der Waals surface area contributed by atoms with Gasteiger partial charge in [0, 0.05) is 5.41 Å². The molecule has 10 aromatic carbocycles. The lowest BCUT2D eigenvalue weighted by atomic mass is 9.80. The Balaban J connectivity index is 0.916. The van der Waals surface area contributed by atoms with Crippen molar-refractivity contribution in [2.24, 2.45) is 0 Å². The van der Waals surface area contributed by atoms with Crippen LogP contribution >= 0.6 is 0 Å². The van der Waals surface area contributed by atoms with Gasteiger partial charge in [0.2, 0.25) is 0 Å². The third-order valence-corrected chi connectivity index (χ3v) is 12.0. The molecule has 0 amide bonds. The average molecular weight is 673 g/mol. The molecule has 0 saturated carbocycles. The third kappa shape index (κ3) is 4.62. The van der Waals surface area contributed by atoms with E-state index in [0.29, 0.717) is 0 Å². The zero-order valence-electron chi connectivity index (χ0n) is 29.8. The minimum Gasteiger partial charge on any atom is -0.0616 e. The largest absolute Gasteiger partial charge is 0.0616 e. The van der Waals surface area contributed by atoms with Crippen molar-refractivity contribution in [3.05, 3.63) is 193 Å². The first-order valence-electron chi connectivity index (χ1n) is 18.7. The van der Waals surface area contributed by atoms with Crippen molar-refractivity contribution in [2.75, 3.05) is 0 Å². The van der Waals surface area contributed by atoms with Gasteiger partial charge in [0.1, 0.15) is 0 Å². The van der Waals surface area contributed by atoms with Gasteiger partial charge in [-0.1, -0.05) is 172 Å². The van der Waals surface area contributed by atoms with Gasteiger partial charge in [0.05, 0.1) is 0 Å². The van der Waals surface area contributed by atoms with Crippen molar-refractivity contribution in [3.8, 4) is 55.6 Å². The first kappa shape index (κ1) is 30.2. The van der Waals surface area contributed by atoms with Crippen molar-refractivity contribution < 1.29 is 0 Å². The highest BCUT2D eigenvalue weighted by atomic mass is 14.4. The van der Waals surface area contributed by atoms with Gasteiger partial charge in [-0.05, 0) is 134 Å². The molecule has 0 spiro atoms. The Bertz CT molecular complexity index is 3050. The van der Waals surface area contributed by atoms with Crippen LogP contribution in [0.1, 0.15) is 25.0 Å². The van der Waals surface area contributed by atoms with Crippen LogP contribution in [0.15, 0.2) is 182 Å². The van der Waals surface area contributed by atoms with E-state index >= 15 is 0 Å². The standard InChI is InChI=1S/C53H36/c1-53(2)49-31-43(23-26-46(49)47-27-24-44(32-50(47)53)42-20-15-33-7-3-4-8-39(33)30-42)41-12-6-11-40(29-41)34-13-16-35(17-14-34)45-25-21-38-19-18-36-9-5-10-37-22-28-48(45)52(38)51(36)37/h3-32H,1-2H3. The summed E-state index contributed by atoms with van der Waals surface area (Å²) < 4.78 is 0. The second-order valence-corrected chi connectivity index (χ2v) is 15.3. The second kappa shape index (κ2) is 11.2. The monoisotopic (exact) mass is 672 g/mol. The molecular weight excluding hydrogens is 637 g/mol. The Hall–Kier alpha value is -6.50. The van der Waals surface area contributed by atoms with E-state index in [1.165, 1.54) is 110 Å². The molecule has 0 aromatic heterocycles. The Labute approximate surface area is 310 Å². The molecule has 11 rings (SSSR count).